The Labute approximate surface area is 117 Å². The summed E-state index contributed by atoms with van der Waals surface area (Å²) in [6, 6.07) is 1.70. The highest BCUT2D eigenvalue weighted by Gasteiger charge is 2.31. The summed E-state index contributed by atoms with van der Waals surface area (Å²) in [5.41, 5.74) is 0.693. The molecule has 0 aliphatic carbocycles. The number of rotatable bonds is 5. The maximum atomic E-state index is 12.1. The summed E-state index contributed by atoms with van der Waals surface area (Å²) >= 11 is 0. The molecular weight excluding hydrogens is 284 g/mol. The first-order chi connectivity index (χ1) is 9.53. The molecule has 0 spiro atoms. The smallest absolute Gasteiger partial charge is 0.308 e. The van der Waals surface area contributed by atoms with Gasteiger partial charge in [0.1, 0.15) is 0 Å². The molecule has 0 bridgehead atoms. The highest BCUT2D eigenvalue weighted by atomic mass is 32.2. The van der Waals surface area contributed by atoms with Crippen molar-refractivity contribution in [1.82, 2.24) is 19.2 Å². The van der Waals surface area contributed by atoms with Gasteiger partial charge in [0.15, 0.2) is 0 Å². The number of esters is 1. The van der Waals surface area contributed by atoms with E-state index >= 15 is 0 Å². The van der Waals surface area contributed by atoms with Crippen LogP contribution in [0, 0.1) is 5.92 Å². The molecule has 1 aliphatic rings. The lowest BCUT2D eigenvalue weighted by Crippen LogP contribution is -2.45. The molecule has 2 N–H and O–H groups in total. The van der Waals surface area contributed by atoms with Gasteiger partial charge in [-0.3, -0.25) is 9.89 Å². The molecule has 9 heteroatoms. The highest BCUT2D eigenvalue weighted by Crippen LogP contribution is 2.20. The lowest BCUT2D eigenvalue weighted by Gasteiger charge is -2.29. The van der Waals surface area contributed by atoms with Crippen LogP contribution in [0.5, 0.6) is 0 Å². The lowest BCUT2D eigenvalue weighted by molar-refractivity contribution is -0.146. The van der Waals surface area contributed by atoms with Crippen molar-refractivity contribution in [3.8, 4) is 0 Å². The van der Waals surface area contributed by atoms with Crippen LogP contribution in [0.25, 0.3) is 0 Å². The van der Waals surface area contributed by atoms with Crippen molar-refractivity contribution < 1.29 is 17.9 Å². The monoisotopic (exact) mass is 302 g/mol. The Morgan fingerprint density at radius 2 is 2.25 bits per heavy atom. The van der Waals surface area contributed by atoms with Gasteiger partial charge in [-0.15, -0.1) is 0 Å². The topological polar surface area (TPSA) is 104 Å². The number of H-pyrrole nitrogens is 1. The summed E-state index contributed by atoms with van der Waals surface area (Å²) in [4.78, 5) is 11.4. The SMILES string of the molecule is COC(=O)C1CCN(S(=O)(=O)NCc2ccn[nH]2)CC1. The van der Waals surface area contributed by atoms with Crippen LogP contribution >= 0.6 is 0 Å². The van der Waals surface area contributed by atoms with Gasteiger partial charge < -0.3 is 4.74 Å². The Bertz CT molecular complexity index is 535. The van der Waals surface area contributed by atoms with Crippen LogP contribution in [-0.2, 0) is 26.3 Å². The van der Waals surface area contributed by atoms with Crippen LogP contribution in [0.1, 0.15) is 18.5 Å². The van der Waals surface area contributed by atoms with Crippen molar-refractivity contribution in [3.63, 3.8) is 0 Å². The molecule has 1 aromatic heterocycles. The normalized spacial score (nSPS) is 18.1. The third-order valence-corrected chi connectivity index (χ3v) is 4.89. The minimum absolute atomic E-state index is 0.166. The van der Waals surface area contributed by atoms with Crippen molar-refractivity contribution in [2.45, 2.75) is 19.4 Å². The molecule has 0 amide bonds. The standard InChI is InChI=1S/C11H18N4O4S/c1-19-11(16)9-3-6-15(7-4-9)20(17,18)13-8-10-2-5-12-14-10/h2,5,9,13H,3-4,6-8H2,1H3,(H,12,14). The van der Waals surface area contributed by atoms with Gasteiger partial charge in [0.25, 0.3) is 10.2 Å². The van der Waals surface area contributed by atoms with Crippen LogP contribution in [0.15, 0.2) is 12.3 Å². The van der Waals surface area contributed by atoms with Crippen molar-refractivity contribution in [2.75, 3.05) is 20.2 Å². The summed E-state index contributed by atoms with van der Waals surface area (Å²) in [5, 5.41) is 6.43. The van der Waals surface area contributed by atoms with E-state index in [1.54, 1.807) is 12.3 Å². The number of hydrogen-bond donors (Lipinski definition) is 2. The van der Waals surface area contributed by atoms with Gasteiger partial charge in [-0.25, -0.2) is 0 Å². The van der Waals surface area contributed by atoms with Gasteiger partial charge in [0.2, 0.25) is 0 Å². The molecule has 0 unspecified atom stereocenters. The van der Waals surface area contributed by atoms with Crippen molar-refractivity contribution in [2.24, 2.45) is 5.92 Å². The molecule has 2 heterocycles. The number of carbonyl (C=O) groups excluding carboxylic acids is 1. The van der Waals surface area contributed by atoms with E-state index in [2.05, 4.69) is 19.7 Å². The number of methoxy groups -OCH3 is 1. The fraction of sp³-hybridized carbons (Fsp3) is 0.636. The number of nitrogens with zero attached hydrogens (tertiary/aromatic N) is 2. The van der Waals surface area contributed by atoms with Gasteiger partial charge in [0.05, 0.1) is 25.3 Å². The van der Waals surface area contributed by atoms with Crippen LogP contribution in [0.4, 0.5) is 0 Å². The first-order valence-corrected chi connectivity index (χ1v) is 7.78. The molecule has 0 aromatic carbocycles. The molecule has 1 aliphatic heterocycles. The fourth-order valence-corrected chi connectivity index (χ4v) is 3.35. The number of ether oxygens (including phenoxy) is 1. The molecule has 0 saturated carbocycles. The van der Waals surface area contributed by atoms with Gasteiger partial charge >= 0.3 is 5.97 Å². The Morgan fingerprint density at radius 3 is 2.80 bits per heavy atom. The molecule has 2 rings (SSSR count). The molecule has 1 saturated heterocycles. The second kappa shape index (κ2) is 6.33. The Kier molecular flexibility index (Phi) is 4.73. The van der Waals surface area contributed by atoms with E-state index in [0.717, 1.165) is 0 Å². The van der Waals surface area contributed by atoms with Crippen LogP contribution in [0.2, 0.25) is 0 Å². The summed E-state index contributed by atoms with van der Waals surface area (Å²) in [5.74, 6) is -0.480. The quantitative estimate of drug-likeness (QED) is 0.722. The number of carbonyl (C=O) groups is 1. The van der Waals surface area contributed by atoms with Gasteiger partial charge in [-0.2, -0.15) is 22.5 Å². The molecule has 20 heavy (non-hydrogen) atoms. The minimum atomic E-state index is -3.53. The first kappa shape index (κ1) is 14.9. The van der Waals surface area contributed by atoms with E-state index in [-0.39, 0.29) is 18.4 Å². The average Bonchev–Trinajstić information content (AvgIpc) is 2.98. The number of piperidine rings is 1. The van der Waals surface area contributed by atoms with Crippen molar-refractivity contribution in [1.29, 1.82) is 0 Å². The maximum Gasteiger partial charge on any atom is 0.308 e. The van der Waals surface area contributed by atoms with E-state index in [9.17, 15) is 13.2 Å². The maximum absolute atomic E-state index is 12.1. The zero-order valence-corrected chi connectivity index (χ0v) is 12.0. The van der Waals surface area contributed by atoms with E-state index in [4.69, 9.17) is 0 Å². The third-order valence-electron chi connectivity index (χ3n) is 3.33. The highest BCUT2D eigenvalue weighted by molar-refractivity contribution is 7.87. The summed E-state index contributed by atoms with van der Waals surface area (Å²) in [6.45, 7) is 0.801. The van der Waals surface area contributed by atoms with Gasteiger partial charge in [0, 0.05) is 19.3 Å². The van der Waals surface area contributed by atoms with Crippen LogP contribution in [-0.4, -0.2) is 49.1 Å². The molecule has 0 radical (unpaired) electrons. The second-order valence-corrected chi connectivity index (χ2v) is 6.36. The summed E-state index contributed by atoms with van der Waals surface area (Å²) < 4.78 is 32.7. The minimum Gasteiger partial charge on any atom is -0.469 e. The number of aromatic nitrogens is 2. The molecule has 8 nitrogen and oxygen atoms in total. The van der Waals surface area contributed by atoms with Crippen molar-refractivity contribution in [3.05, 3.63) is 18.0 Å². The van der Waals surface area contributed by atoms with E-state index < -0.39 is 10.2 Å². The largest absolute Gasteiger partial charge is 0.469 e. The van der Waals surface area contributed by atoms with Crippen molar-refractivity contribution >= 4 is 16.2 Å². The molecule has 1 aromatic rings. The number of hydrogen-bond acceptors (Lipinski definition) is 5. The van der Waals surface area contributed by atoms with Crippen LogP contribution in [0.3, 0.4) is 0 Å². The van der Waals surface area contributed by atoms with E-state index in [1.165, 1.54) is 11.4 Å². The summed E-state index contributed by atoms with van der Waals surface area (Å²) in [6.07, 6.45) is 2.53. The zero-order chi connectivity index (χ0) is 14.6. The second-order valence-electron chi connectivity index (χ2n) is 4.60. The Morgan fingerprint density at radius 1 is 1.55 bits per heavy atom. The average molecular weight is 302 g/mol. The fourth-order valence-electron chi connectivity index (χ4n) is 2.14. The number of aromatic amines is 1. The molecule has 1 fully saturated rings. The Hall–Kier alpha value is -1.45. The predicted molar refractivity (Wildman–Crippen MR) is 70.7 cm³/mol. The van der Waals surface area contributed by atoms with E-state index in [1.807, 2.05) is 0 Å². The van der Waals surface area contributed by atoms with Gasteiger partial charge in [-0.1, -0.05) is 0 Å². The lowest BCUT2D eigenvalue weighted by atomic mass is 9.99. The predicted octanol–water partition coefficient (Wildman–Crippen LogP) is -0.371. The first-order valence-electron chi connectivity index (χ1n) is 6.34. The Balaban J connectivity index is 1.87. The third kappa shape index (κ3) is 3.56. The van der Waals surface area contributed by atoms with Gasteiger partial charge in [-0.05, 0) is 18.9 Å². The van der Waals surface area contributed by atoms with E-state index in [0.29, 0.717) is 31.6 Å². The zero-order valence-electron chi connectivity index (χ0n) is 11.2. The summed E-state index contributed by atoms with van der Waals surface area (Å²) in [7, 11) is -2.19. The molecular formula is C11H18N4O4S. The molecule has 0 atom stereocenters. The number of nitrogens with one attached hydrogen (secondary N) is 2. The van der Waals surface area contributed by atoms with Crippen LogP contribution < -0.4 is 4.72 Å². The molecule has 112 valence electrons.